The number of nitrogens with one attached hydrogen (secondary N) is 1. The van der Waals surface area contributed by atoms with Gasteiger partial charge in [0.25, 0.3) is 0 Å². The number of rotatable bonds is 6. The molecule has 0 radical (unpaired) electrons. The summed E-state index contributed by atoms with van der Waals surface area (Å²) in [6.07, 6.45) is 3.15. The standard InChI is InChI=1S/C11H17ClN2O3S/c1-8(2)5-9(7-15)14-18(16,17)11-6-13-4-3-10(11)12/h3-4,6,8-9,14-15H,5,7H2,1-2H3. The molecule has 1 unspecified atom stereocenters. The summed E-state index contributed by atoms with van der Waals surface area (Å²) in [4.78, 5) is 3.66. The lowest BCUT2D eigenvalue weighted by molar-refractivity contribution is 0.240. The summed E-state index contributed by atoms with van der Waals surface area (Å²) in [7, 11) is -3.75. The Morgan fingerprint density at radius 3 is 2.67 bits per heavy atom. The van der Waals surface area contributed by atoms with Gasteiger partial charge in [0.1, 0.15) is 4.90 Å². The van der Waals surface area contributed by atoms with Gasteiger partial charge in [-0.3, -0.25) is 4.98 Å². The van der Waals surface area contributed by atoms with Crippen molar-refractivity contribution in [1.29, 1.82) is 0 Å². The number of aromatic nitrogens is 1. The van der Waals surface area contributed by atoms with Gasteiger partial charge in [-0.05, 0) is 18.4 Å². The highest BCUT2D eigenvalue weighted by Crippen LogP contribution is 2.20. The van der Waals surface area contributed by atoms with E-state index < -0.39 is 16.1 Å². The van der Waals surface area contributed by atoms with Gasteiger partial charge >= 0.3 is 0 Å². The first-order valence-electron chi connectivity index (χ1n) is 5.59. The van der Waals surface area contributed by atoms with E-state index in [9.17, 15) is 13.5 Å². The van der Waals surface area contributed by atoms with Crippen LogP contribution in [0.4, 0.5) is 0 Å². The molecule has 0 aliphatic rings. The minimum atomic E-state index is -3.75. The molecule has 0 spiro atoms. The van der Waals surface area contributed by atoms with Crippen LogP contribution < -0.4 is 4.72 Å². The van der Waals surface area contributed by atoms with Crippen LogP contribution in [0.5, 0.6) is 0 Å². The maximum absolute atomic E-state index is 12.1. The predicted molar refractivity (Wildman–Crippen MR) is 69.9 cm³/mol. The lowest BCUT2D eigenvalue weighted by atomic mass is 10.1. The van der Waals surface area contributed by atoms with Gasteiger partial charge in [-0.2, -0.15) is 0 Å². The lowest BCUT2D eigenvalue weighted by Gasteiger charge is -2.18. The van der Waals surface area contributed by atoms with Crippen LogP contribution in [0.2, 0.25) is 5.02 Å². The number of hydrogen-bond donors (Lipinski definition) is 2. The smallest absolute Gasteiger partial charge is 0.243 e. The fourth-order valence-electron chi connectivity index (χ4n) is 1.57. The molecule has 1 atom stereocenters. The molecule has 1 aromatic rings. The van der Waals surface area contributed by atoms with Crippen molar-refractivity contribution in [1.82, 2.24) is 9.71 Å². The number of sulfonamides is 1. The Hall–Kier alpha value is -0.690. The molecule has 5 nitrogen and oxygen atoms in total. The van der Waals surface area contributed by atoms with Gasteiger partial charge in [0.2, 0.25) is 10.0 Å². The van der Waals surface area contributed by atoms with Gasteiger partial charge in [-0.25, -0.2) is 13.1 Å². The fraction of sp³-hybridized carbons (Fsp3) is 0.545. The molecule has 0 aliphatic carbocycles. The SMILES string of the molecule is CC(C)CC(CO)NS(=O)(=O)c1cnccc1Cl. The molecular formula is C11H17ClN2O3S. The summed E-state index contributed by atoms with van der Waals surface area (Å²) in [5.74, 6) is 0.272. The third-order valence-corrected chi connectivity index (χ3v) is 4.31. The maximum Gasteiger partial charge on any atom is 0.243 e. The minimum absolute atomic E-state index is 0.0751. The predicted octanol–water partition coefficient (Wildman–Crippen LogP) is 1.42. The molecule has 1 rings (SSSR count). The molecular weight excluding hydrogens is 276 g/mol. The number of hydrogen-bond acceptors (Lipinski definition) is 4. The second-order valence-electron chi connectivity index (χ2n) is 4.44. The van der Waals surface area contributed by atoms with E-state index >= 15 is 0 Å². The van der Waals surface area contributed by atoms with Gasteiger partial charge < -0.3 is 5.11 Å². The van der Waals surface area contributed by atoms with Crippen molar-refractivity contribution >= 4 is 21.6 Å². The third kappa shape index (κ3) is 4.20. The summed E-state index contributed by atoms with van der Waals surface area (Å²) in [6.45, 7) is 3.65. The highest BCUT2D eigenvalue weighted by molar-refractivity contribution is 7.89. The van der Waals surface area contributed by atoms with Crippen LogP contribution in [-0.2, 0) is 10.0 Å². The molecule has 18 heavy (non-hydrogen) atoms. The van der Waals surface area contributed by atoms with Crippen LogP contribution in [0, 0.1) is 5.92 Å². The van der Waals surface area contributed by atoms with E-state index in [0.29, 0.717) is 6.42 Å². The van der Waals surface area contributed by atoms with E-state index in [0.717, 1.165) is 0 Å². The van der Waals surface area contributed by atoms with Crippen LogP contribution in [0.1, 0.15) is 20.3 Å². The van der Waals surface area contributed by atoms with Crippen LogP contribution in [-0.4, -0.2) is 31.2 Å². The van der Waals surface area contributed by atoms with Gasteiger partial charge in [-0.1, -0.05) is 25.4 Å². The Morgan fingerprint density at radius 2 is 2.17 bits per heavy atom. The van der Waals surface area contributed by atoms with E-state index in [1.165, 1.54) is 18.5 Å². The molecule has 0 fully saturated rings. The van der Waals surface area contributed by atoms with Crippen LogP contribution in [0.25, 0.3) is 0 Å². The summed E-state index contributed by atoms with van der Waals surface area (Å²) < 4.78 is 26.5. The Bertz CT molecular complexity index is 491. The Labute approximate surface area is 112 Å². The summed E-state index contributed by atoms with van der Waals surface area (Å²) in [5.41, 5.74) is 0. The number of aliphatic hydroxyl groups is 1. The third-order valence-electron chi connectivity index (χ3n) is 2.32. The monoisotopic (exact) mass is 292 g/mol. The summed E-state index contributed by atoms with van der Waals surface area (Å²) in [5, 5.41) is 9.29. The zero-order chi connectivity index (χ0) is 13.8. The van der Waals surface area contributed by atoms with E-state index in [1.54, 1.807) is 0 Å². The molecule has 0 saturated heterocycles. The van der Waals surface area contributed by atoms with Crippen LogP contribution >= 0.6 is 11.6 Å². The number of nitrogens with zero attached hydrogens (tertiary/aromatic N) is 1. The number of pyridine rings is 1. The molecule has 1 aromatic heterocycles. The van der Waals surface area contributed by atoms with Gasteiger partial charge in [0.15, 0.2) is 0 Å². The van der Waals surface area contributed by atoms with E-state index in [2.05, 4.69) is 9.71 Å². The quantitative estimate of drug-likeness (QED) is 0.831. The highest BCUT2D eigenvalue weighted by Gasteiger charge is 2.22. The van der Waals surface area contributed by atoms with Crippen LogP contribution in [0.15, 0.2) is 23.4 Å². The Morgan fingerprint density at radius 1 is 1.50 bits per heavy atom. The van der Waals surface area contributed by atoms with Crippen molar-refractivity contribution in [2.45, 2.75) is 31.2 Å². The summed E-state index contributed by atoms with van der Waals surface area (Å²) >= 11 is 5.82. The average molecular weight is 293 g/mol. The molecule has 1 heterocycles. The number of aliphatic hydroxyl groups excluding tert-OH is 1. The molecule has 0 aliphatic heterocycles. The fourth-order valence-corrected chi connectivity index (χ4v) is 3.24. The van der Waals surface area contributed by atoms with E-state index in [1.807, 2.05) is 13.8 Å². The Balaban J connectivity index is 2.91. The zero-order valence-electron chi connectivity index (χ0n) is 10.3. The molecule has 102 valence electrons. The molecule has 2 N–H and O–H groups in total. The lowest BCUT2D eigenvalue weighted by Crippen LogP contribution is -2.38. The molecule has 0 saturated carbocycles. The maximum atomic E-state index is 12.1. The molecule has 7 heteroatoms. The minimum Gasteiger partial charge on any atom is -0.395 e. The Kier molecular flexibility index (Phi) is 5.52. The van der Waals surface area contributed by atoms with Gasteiger partial charge in [0.05, 0.1) is 11.6 Å². The molecule has 0 aromatic carbocycles. The van der Waals surface area contributed by atoms with Crippen molar-refractivity contribution in [3.8, 4) is 0 Å². The normalized spacial score (nSPS) is 13.8. The van der Waals surface area contributed by atoms with Crippen molar-refractivity contribution in [3.63, 3.8) is 0 Å². The summed E-state index contributed by atoms with van der Waals surface area (Å²) in [6, 6.07) is 0.887. The second kappa shape index (κ2) is 6.47. The van der Waals surface area contributed by atoms with Gasteiger partial charge in [0, 0.05) is 18.4 Å². The van der Waals surface area contributed by atoms with Crippen molar-refractivity contribution in [2.75, 3.05) is 6.61 Å². The highest BCUT2D eigenvalue weighted by atomic mass is 35.5. The average Bonchev–Trinajstić information content (AvgIpc) is 2.27. The second-order valence-corrected chi connectivity index (χ2v) is 6.53. The topological polar surface area (TPSA) is 79.3 Å². The van der Waals surface area contributed by atoms with Crippen molar-refractivity contribution < 1.29 is 13.5 Å². The van der Waals surface area contributed by atoms with Crippen molar-refractivity contribution in [3.05, 3.63) is 23.5 Å². The van der Waals surface area contributed by atoms with Gasteiger partial charge in [-0.15, -0.1) is 0 Å². The van der Waals surface area contributed by atoms with Crippen molar-refractivity contribution in [2.24, 2.45) is 5.92 Å². The first kappa shape index (κ1) is 15.4. The first-order chi connectivity index (χ1) is 8.36. The molecule has 0 amide bonds. The van der Waals surface area contributed by atoms with E-state index in [-0.39, 0.29) is 22.4 Å². The molecule has 0 bridgehead atoms. The number of halogens is 1. The largest absolute Gasteiger partial charge is 0.395 e. The zero-order valence-corrected chi connectivity index (χ0v) is 11.9. The van der Waals surface area contributed by atoms with Crippen LogP contribution in [0.3, 0.4) is 0 Å². The first-order valence-corrected chi connectivity index (χ1v) is 7.45. The van der Waals surface area contributed by atoms with E-state index in [4.69, 9.17) is 11.6 Å².